The average Bonchev–Trinajstić information content (AvgIpc) is 2.16. The normalized spacial score (nSPS) is 11.3. The van der Waals surface area contributed by atoms with Crippen LogP contribution in [0.1, 0.15) is 15.9 Å². The monoisotopic (exact) mass is 218 g/mol. The van der Waals surface area contributed by atoms with Crippen molar-refractivity contribution in [2.45, 2.75) is 13.1 Å². The third kappa shape index (κ3) is 2.49. The van der Waals surface area contributed by atoms with Crippen molar-refractivity contribution in [3.8, 4) is 5.75 Å². The molecule has 0 bridgehead atoms. The summed E-state index contributed by atoms with van der Waals surface area (Å²) in [4.78, 5) is 11.0. The molecule has 1 aromatic carbocycles. The number of ketones is 1. The Bertz CT molecular complexity index is 383. The number of carbonyl (C=O) groups excluding carboxylic acids is 1. The summed E-state index contributed by atoms with van der Waals surface area (Å²) in [6.07, 6.45) is -4.85. The first kappa shape index (κ1) is 11.6. The van der Waals surface area contributed by atoms with Gasteiger partial charge in [0.15, 0.2) is 0 Å². The van der Waals surface area contributed by atoms with Crippen molar-refractivity contribution in [2.75, 3.05) is 7.11 Å². The summed E-state index contributed by atoms with van der Waals surface area (Å²) in [5, 5.41) is 0. The number of ether oxygens (including phenoxy) is 1. The predicted molar refractivity (Wildman–Crippen MR) is 48.1 cm³/mol. The van der Waals surface area contributed by atoms with Crippen LogP contribution in [0.5, 0.6) is 5.75 Å². The largest absolute Gasteiger partial charge is 0.497 e. The molecule has 1 aromatic rings. The maximum absolute atomic E-state index is 12.2. The van der Waals surface area contributed by atoms with Crippen molar-refractivity contribution >= 4 is 5.78 Å². The number of halogens is 3. The number of hydrogen-bond donors (Lipinski definition) is 0. The highest BCUT2D eigenvalue weighted by Gasteiger charge is 2.40. The Morgan fingerprint density at radius 1 is 1.33 bits per heavy atom. The number of benzene rings is 1. The van der Waals surface area contributed by atoms with E-state index in [2.05, 4.69) is 0 Å². The molecule has 0 aliphatic heterocycles. The highest BCUT2D eigenvalue weighted by molar-refractivity contribution is 6.01. The maximum Gasteiger partial charge on any atom is 0.454 e. The second-order valence-electron chi connectivity index (χ2n) is 3.01. The zero-order valence-electron chi connectivity index (χ0n) is 8.18. The zero-order chi connectivity index (χ0) is 11.6. The Kier molecular flexibility index (Phi) is 3.02. The molecule has 0 heterocycles. The van der Waals surface area contributed by atoms with E-state index in [4.69, 9.17) is 4.74 Å². The van der Waals surface area contributed by atoms with E-state index < -0.39 is 12.0 Å². The smallest absolute Gasteiger partial charge is 0.454 e. The standard InChI is InChI=1S/C10H9F3O2/c1-6-3-4-7(15-2)5-8(6)9(14)10(11,12)13/h3-5H,1-2H3. The minimum atomic E-state index is -4.85. The van der Waals surface area contributed by atoms with Crippen molar-refractivity contribution in [3.63, 3.8) is 0 Å². The summed E-state index contributed by atoms with van der Waals surface area (Å²) in [5.74, 6) is -1.62. The van der Waals surface area contributed by atoms with Crippen molar-refractivity contribution < 1.29 is 22.7 Å². The Morgan fingerprint density at radius 3 is 2.40 bits per heavy atom. The van der Waals surface area contributed by atoms with Gasteiger partial charge in [0.05, 0.1) is 7.11 Å². The van der Waals surface area contributed by atoms with Gasteiger partial charge in [0.2, 0.25) is 0 Å². The fourth-order valence-corrected chi connectivity index (χ4v) is 1.13. The molecule has 0 unspecified atom stereocenters. The Labute approximate surface area is 84.7 Å². The lowest BCUT2D eigenvalue weighted by Gasteiger charge is -2.09. The first-order chi connectivity index (χ1) is 6.86. The molecule has 0 saturated carbocycles. The van der Waals surface area contributed by atoms with E-state index in [1.807, 2.05) is 0 Å². The Morgan fingerprint density at radius 2 is 1.93 bits per heavy atom. The van der Waals surface area contributed by atoms with E-state index >= 15 is 0 Å². The second kappa shape index (κ2) is 3.92. The van der Waals surface area contributed by atoms with Gasteiger partial charge in [-0.1, -0.05) is 6.07 Å². The minimum Gasteiger partial charge on any atom is -0.497 e. The molecular formula is C10H9F3O2. The molecule has 15 heavy (non-hydrogen) atoms. The maximum atomic E-state index is 12.2. The van der Waals surface area contributed by atoms with E-state index in [-0.39, 0.29) is 16.9 Å². The number of aryl methyl sites for hydroxylation is 1. The SMILES string of the molecule is COc1ccc(C)c(C(=O)C(F)(F)F)c1. The number of methoxy groups -OCH3 is 1. The molecule has 5 heteroatoms. The van der Waals surface area contributed by atoms with Gasteiger partial charge < -0.3 is 4.74 Å². The van der Waals surface area contributed by atoms with Gasteiger partial charge in [0, 0.05) is 5.56 Å². The van der Waals surface area contributed by atoms with E-state index in [9.17, 15) is 18.0 Å². The van der Waals surface area contributed by atoms with E-state index in [0.29, 0.717) is 0 Å². The molecule has 82 valence electrons. The summed E-state index contributed by atoms with van der Waals surface area (Å²) in [7, 11) is 1.33. The molecule has 0 aliphatic rings. The van der Waals surface area contributed by atoms with Gasteiger partial charge >= 0.3 is 6.18 Å². The quantitative estimate of drug-likeness (QED) is 0.713. The molecule has 0 fully saturated rings. The van der Waals surface area contributed by atoms with E-state index in [1.165, 1.54) is 26.2 Å². The predicted octanol–water partition coefficient (Wildman–Crippen LogP) is 2.75. The summed E-state index contributed by atoms with van der Waals surface area (Å²) in [6.45, 7) is 1.44. The zero-order valence-corrected chi connectivity index (χ0v) is 8.18. The van der Waals surface area contributed by atoms with Crippen molar-refractivity contribution in [1.29, 1.82) is 0 Å². The van der Waals surface area contributed by atoms with Gasteiger partial charge in [-0.15, -0.1) is 0 Å². The van der Waals surface area contributed by atoms with Crippen molar-refractivity contribution in [3.05, 3.63) is 29.3 Å². The lowest BCUT2D eigenvalue weighted by atomic mass is 10.0. The number of alkyl halides is 3. The van der Waals surface area contributed by atoms with Crippen molar-refractivity contribution in [2.24, 2.45) is 0 Å². The summed E-state index contributed by atoms with van der Waals surface area (Å²) >= 11 is 0. The van der Waals surface area contributed by atoms with Gasteiger partial charge in [-0.25, -0.2) is 0 Å². The molecule has 0 saturated heterocycles. The lowest BCUT2D eigenvalue weighted by molar-refractivity contribution is -0.0885. The molecule has 0 aromatic heterocycles. The third-order valence-corrected chi connectivity index (χ3v) is 1.95. The first-order valence-electron chi connectivity index (χ1n) is 4.12. The highest BCUT2D eigenvalue weighted by Crippen LogP contribution is 2.26. The molecule has 0 spiro atoms. The van der Waals surface area contributed by atoms with E-state index in [1.54, 1.807) is 0 Å². The van der Waals surface area contributed by atoms with Crippen LogP contribution in [-0.2, 0) is 0 Å². The van der Waals surface area contributed by atoms with Crippen LogP contribution in [0.3, 0.4) is 0 Å². The number of hydrogen-bond acceptors (Lipinski definition) is 2. The van der Waals surface area contributed by atoms with Crippen LogP contribution in [0.25, 0.3) is 0 Å². The molecule has 0 amide bonds. The van der Waals surface area contributed by atoms with Crippen LogP contribution < -0.4 is 4.74 Å². The molecule has 0 atom stereocenters. The van der Waals surface area contributed by atoms with Gasteiger partial charge in [0.25, 0.3) is 5.78 Å². The van der Waals surface area contributed by atoms with Crippen LogP contribution in [0.15, 0.2) is 18.2 Å². The van der Waals surface area contributed by atoms with Crippen LogP contribution in [0.2, 0.25) is 0 Å². The first-order valence-corrected chi connectivity index (χ1v) is 4.12. The second-order valence-corrected chi connectivity index (χ2v) is 3.01. The lowest BCUT2D eigenvalue weighted by Crippen LogP contribution is -2.23. The Hall–Kier alpha value is -1.52. The van der Waals surface area contributed by atoms with Gasteiger partial charge in [-0.3, -0.25) is 4.79 Å². The molecular weight excluding hydrogens is 209 g/mol. The van der Waals surface area contributed by atoms with Gasteiger partial charge in [-0.2, -0.15) is 13.2 Å². The summed E-state index contributed by atoms with van der Waals surface area (Å²) < 4.78 is 41.2. The van der Waals surface area contributed by atoms with Gasteiger partial charge in [0.1, 0.15) is 5.75 Å². The molecule has 2 nitrogen and oxygen atoms in total. The fraction of sp³-hybridized carbons (Fsp3) is 0.300. The van der Waals surface area contributed by atoms with Crippen LogP contribution >= 0.6 is 0 Å². The third-order valence-electron chi connectivity index (χ3n) is 1.95. The molecule has 0 N–H and O–H groups in total. The fourth-order valence-electron chi connectivity index (χ4n) is 1.13. The number of Topliss-reactive ketones (excluding diaryl/α,β-unsaturated/α-hetero) is 1. The topological polar surface area (TPSA) is 26.3 Å². The van der Waals surface area contributed by atoms with Gasteiger partial charge in [-0.05, 0) is 24.6 Å². The highest BCUT2D eigenvalue weighted by atomic mass is 19.4. The van der Waals surface area contributed by atoms with Crippen LogP contribution in [0.4, 0.5) is 13.2 Å². The molecule has 0 radical (unpaired) electrons. The van der Waals surface area contributed by atoms with Crippen LogP contribution in [-0.4, -0.2) is 19.1 Å². The molecule has 1 rings (SSSR count). The molecule has 0 aliphatic carbocycles. The average molecular weight is 218 g/mol. The van der Waals surface area contributed by atoms with E-state index in [0.717, 1.165) is 6.07 Å². The van der Waals surface area contributed by atoms with Crippen molar-refractivity contribution in [1.82, 2.24) is 0 Å². The van der Waals surface area contributed by atoms with Crippen LogP contribution in [0, 0.1) is 6.92 Å². The number of carbonyl (C=O) groups is 1. The Balaban J connectivity index is 3.19. The minimum absolute atomic E-state index is 0.230. The summed E-state index contributed by atoms with van der Waals surface area (Å²) in [6, 6.07) is 4.01. The summed E-state index contributed by atoms with van der Waals surface area (Å²) in [5.41, 5.74) is -0.0972. The number of rotatable bonds is 2.